The van der Waals surface area contributed by atoms with E-state index < -0.39 is 24.6 Å². The van der Waals surface area contributed by atoms with E-state index in [9.17, 15) is 18.0 Å². The highest BCUT2D eigenvalue weighted by Gasteiger charge is 2.31. The summed E-state index contributed by atoms with van der Waals surface area (Å²) in [6.07, 6.45) is -3.91. The number of alkyl halides is 4. The molecule has 0 saturated carbocycles. The second kappa shape index (κ2) is 13.3. The zero-order chi connectivity index (χ0) is 32.3. The molecule has 1 N–H and O–H groups in total. The molecule has 2 amide bonds. The average Bonchev–Trinajstić information content (AvgIpc) is 3.48. The highest BCUT2D eigenvalue weighted by atomic mass is 32.2. The molecule has 1 aromatic heterocycles. The number of para-hydroxylation sites is 1. The molecule has 1 saturated heterocycles. The molecule has 1 fully saturated rings. The van der Waals surface area contributed by atoms with Gasteiger partial charge in [-0.1, -0.05) is 54.2 Å². The van der Waals surface area contributed by atoms with Gasteiger partial charge in [-0.3, -0.25) is 0 Å². The van der Waals surface area contributed by atoms with Crippen LogP contribution in [0.5, 0.6) is 5.75 Å². The zero-order valence-electron chi connectivity index (χ0n) is 25.0. The molecule has 13 heteroatoms. The van der Waals surface area contributed by atoms with E-state index in [1.54, 1.807) is 31.2 Å². The Bertz CT molecular complexity index is 1650. The van der Waals surface area contributed by atoms with Crippen molar-refractivity contribution >= 4 is 28.6 Å². The van der Waals surface area contributed by atoms with Gasteiger partial charge in [-0.05, 0) is 75.1 Å². The Morgan fingerprint density at radius 3 is 2.38 bits per heavy atom. The molecule has 5 rings (SSSR count). The van der Waals surface area contributed by atoms with Gasteiger partial charge < -0.3 is 15.0 Å². The summed E-state index contributed by atoms with van der Waals surface area (Å²) in [6.45, 7) is 7.77. The second-order valence-electron chi connectivity index (χ2n) is 10.8. The van der Waals surface area contributed by atoms with E-state index in [4.69, 9.17) is 0 Å². The van der Waals surface area contributed by atoms with Crippen molar-refractivity contribution in [3.63, 3.8) is 0 Å². The normalized spacial score (nSPS) is 17.6. The number of ether oxygens (including phenoxy) is 1. The van der Waals surface area contributed by atoms with Crippen molar-refractivity contribution in [3.8, 4) is 22.8 Å². The number of nitrogens with one attached hydrogen (secondary N) is 1. The summed E-state index contributed by atoms with van der Waals surface area (Å²) >= 11 is 1.51. The van der Waals surface area contributed by atoms with Crippen LogP contribution in [0.2, 0.25) is 0 Å². The van der Waals surface area contributed by atoms with Crippen LogP contribution in [0.15, 0.2) is 78.0 Å². The van der Waals surface area contributed by atoms with Crippen LogP contribution in [-0.2, 0) is 0 Å². The highest BCUT2D eigenvalue weighted by Crippen LogP contribution is 2.34. The smallest absolute Gasteiger partial charge is 0.406 e. The molecular formula is C32H32F4N6O2S. The fourth-order valence-electron chi connectivity index (χ4n) is 5.11. The quantitative estimate of drug-likeness (QED) is 0.207. The number of urea groups is 1. The SMILES string of the molecule is Cc1cccc(C)c1N1/C(=N/C(=O)NC(C)C(F)c2ccc(-c3ncn(-c4ccc(OC(F)(F)F)cc4)n3)cc2)SCCC1C. The summed E-state index contributed by atoms with van der Waals surface area (Å²) in [7, 11) is 0. The van der Waals surface area contributed by atoms with Gasteiger partial charge in [0.2, 0.25) is 0 Å². The lowest BCUT2D eigenvalue weighted by Crippen LogP contribution is -2.43. The van der Waals surface area contributed by atoms with Crippen LogP contribution >= 0.6 is 11.8 Å². The van der Waals surface area contributed by atoms with E-state index in [2.05, 4.69) is 37.0 Å². The van der Waals surface area contributed by atoms with Crippen LogP contribution < -0.4 is 15.0 Å². The van der Waals surface area contributed by atoms with Gasteiger partial charge in [0.05, 0.1) is 11.7 Å². The van der Waals surface area contributed by atoms with E-state index >= 15 is 4.39 Å². The Morgan fingerprint density at radius 1 is 1.07 bits per heavy atom. The average molecular weight is 641 g/mol. The molecule has 3 atom stereocenters. The van der Waals surface area contributed by atoms with Crippen LogP contribution in [-0.4, -0.2) is 50.2 Å². The minimum absolute atomic E-state index is 0.154. The number of anilines is 1. The molecule has 3 unspecified atom stereocenters. The third-order valence-corrected chi connectivity index (χ3v) is 8.38. The van der Waals surface area contributed by atoms with Crippen molar-refractivity contribution in [1.82, 2.24) is 20.1 Å². The van der Waals surface area contributed by atoms with Gasteiger partial charge >= 0.3 is 12.4 Å². The third kappa shape index (κ3) is 7.64. The number of aliphatic imine (C=N–C) groups is 1. The van der Waals surface area contributed by atoms with E-state index in [0.29, 0.717) is 27.8 Å². The molecule has 1 aliphatic heterocycles. The van der Waals surface area contributed by atoms with Crippen LogP contribution in [0, 0.1) is 13.8 Å². The minimum Gasteiger partial charge on any atom is -0.406 e. The van der Waals surface area contributed by atoms with E-state index in [1.165, 1.54) is 47.0 Å². The Labute approximate surface area is 262 Å². The summed E-state index contributed by atoms with van der Waals surface area (Å²) in [5, 5.41) is 7.65. The van der Waals surface area contributed by atoms with E-state index in [-0.39, 0.29) is 11.8 Å². The molecule has 1 aliphatic rings. The maximum atomic E-state index is 15.5. The van der Waals surface area contributed by atoms with Crippen molar-refractivity contribution in [2.45, 2.75) is 58.7 Å². The predicted molar refractivity (Wildman–Crippen MR) is 168 cm³/mol. The lowest BCUT2D eigenvalue weighted by atomic mass is 10.0. The number of halogens is 4. The Kier molecular flexibility index (Phi) is 9.47. The lowest BCUT2D eigenvalue weighted by Gasteiger charge is -2.37. The van der Waals surface area contributed by atoms with Crippen LogP contribution in [0.3, 0.4) is 0 Å². The summed E-state index contributed by atoms with van der Waals surface area (Å²) in [4.78, 5) is 23.7. The second-order valence-corrected chi connectivity index (χ2v) is 11.9. The molecule has 0 spiro atoms. The Morgan fingerprint density at radius 2 is 1.73 bits per heavy atom. The topological polar surface area (TPSA) is 84.6 Å². The van der Waals surface area contributed by atoms with Crippen molar-refractivity contribution in [2.24, 2.45) is 4.99 Å². The first-order valence-electron chi connectivity index (χ1n) is 14.3. The van der Waals surface area contributed by atoms with Crippen molar-refractivity contribution in [1.29, 1.82) is 0 Å². The number of thioether (sulfide) groups is 1. The number of carbonyl (C=O) groups is 1. The van der Waals surface area contributed by atoms with Crippen LogP contribution in [0.25, 0.3) is 17.1 Å². The fraction of sp³-hybridized carbons (Fsp3) is 0.312. The molecule has 236 valence electrons. The van der Waals surface area contributed by atoms with Gasteiger partial charge in [0.25, 0.3) is 0 Å². The minimum atomic E-state index is -4.78. The number of hydrogen-bond donors (Lipinski definition) is 1. The zero-order valence-corrected chi connectivity index (χ0v) is 25.9. The summed E-state index contributed by atoms with van der Waals surface area (Å²) in [5.41, 5.74) is 4.67. The molecule has 0 aliphatic carbocycles. The van der Waals surface area contributed by atoms with Gasteiger partial charge in [-0.15, -0.1) is 18.3 Å². The summed E-state index contributed by atoms with van der Waals surface area (Å²) < 4.78 is 58.0. The van der Waals surface area contributed by atoms with Gasteiger partial charge in [0.15, 0.2) is 11.0 Å². The number of carbonyl (C=O) groups excluding carboxylic acids is 1. The highest BCUT2D eigenvalue weighted by molar-refractivity contribution is 8.14. The number of benzene rings is 3. The van der Waals surface area contributed by atoms with Crippen molar-refractivity contribution in [3.05, 3.63) is 89.7 Å². The first-order valence-corrected chi connectivity index (χ1v) is 15.3. The number of amidine groups is 1. The fourth-order valence-corrected chi connectivity index (χ4v) is 6.31. The van der Waals surface area contributed by atoms with Crippen molar-refractivity contribution in [2.75, 3.05) is 10.7 Å². The van der Waals surface area contributed by atoms with Gasteiger partial charge in [0, 0.05) is 23.0 Å². The number of hydrogen-bond acceptors (Lipinski definition) is 5. The Hall–Kier alpha value is -4.39. The first kappa shape index (κ1) is 32.0. The molecule has 8 nitrogen and oxygen atoms in total. The van der Waals surface area contributed by atoms with Crippen molar-refractivity contribution < 1.29 is 27.1 Å². The van der Waals surface area contributed by atoms with Gasteiger partial charge in [0.1, 0.15) is 18.2 Å². The summed E-state index contributed by atoms with van der Waals surface area (Å²) in [5.74, 6) is 0.832. The maximum Gasteiger partial charge on any atom is 0.573 e. The number of aryl methyl sites for hydroxylation is 2. The van der Waals surface area contributed by atoms with Crippen LogP contribution in [0.4, 0.5) is 28.0 Å². The van der Waals surface area contributed by atoms with Gasteiger partial charge in [-0.25, -0.2) is 18.9 Å². The van der Waals surface area contributed by atoms with Crippen LogP contribution in [0.1, 0.15) is 43.1 Å². The number of rotatable bonds is 7. The third-order valence-electron chi connectivity index (χ3n) is 7.40. The maximum absolute atomic E-state index is 15.5. The largest absolute Gasteiger partial charge is 0.573 e. The molecule has 45 heavy (non-hydrogen) atoms. The molecule has 2 heterocycles. The molecule has 0 radical (unpaired) electrons. The van der Waals surface area contributed by atoms with E-state index in [1.807, 2.05) is 32.0 Å². The summed E-state index contributed by atoms with van der Waals surface area (Å²) in [6, 6.07) is 16.5. The monoisotopic (exact) mass is 640 g/mol. The molecule has 0 bridgehead atoms. The molecule has 3 aromatic carbocycles. The van der Waals surface area contributed by atoms with Gasteiger partial charge in [-0.2, -0.15) is 4.99 Å². The lowest BCUT2D eigenvalue weighted by molar-refractivity contribution is -0.274. The number of amides is 2. The van der Waals surface area contributed by atoms with E-state index in [0.717, 1.165) is 29.0 Å². The Balaban J connectivity index is 1.24. The molecule has 4 aromatic rings. The number of nitrogens with zero attached hydrogens (tertiary/aromatic N) is 5. The molecular weight excluding hydrogens is 608 g/mol. The predicted octanol–water partition coefficient (Wildman–Crippen LogP) is 7.95. The number of aromatic nitrogens is 3. The standard InChI is InChI=1S/C32H32F4N6O2S/c1-19-6-5-7-20(2)28(19)42-21(3)16-17-45-31(42)39-30(43)38-22(4)27(33)23-8-10-24(11-9-23)29-37-18-41(40-29)25-12-14-26(15-13-25)44-32(34,35)36/h5-15,18,21-22,27H,16-17H2,1-4H3,(H,38,43)/b39-31-. The first-order chi connectivity index (χ1) is 21.4.